The van der Waals surface area contributed by atoms with Crippen molar-refractivity contribution in [3.8, 4) is 0 Å². The fourth-order valence-electron chi connectivity index (χ4n) is 4.47. The van der Waals surface area contributed by atoms with E-state index in [2.05, 4.69) is 34.7 Å². The quantitative estimate of drug-likeness (QED) is 0.723. The lowest BCUT2D eigenvalue weighted by Gasteiger charge is -2.37. The SMILES string of the molecule is CC1CCN([C@H](CNC(=O)C2CCN(C(=O)c3cccs3)CC2)c2cccs2)CC1. The molecule has 30 heavy (non-hydrogen) atoms. The number of piperidine rings is 2. The van der Waals surface area contributed by atoms with Gasteiger partial charge in [-0.3, -0.25) is 14.5 Å². The number of rotatable bonds is 6. The molecule has 0 radical (unpaired) electrons. The van der Waals surface area contributed by atoms with Gasteiger partial charge in [-0.25, -0.2) is 0 Å². The predicted molar refractivity (Wildman–Crippen MR) is 123 cm³/mol. The second-order valence-electron chi connectivity index (χ2n) is 8.54. The summed E-state index contributed by atoms with van der Waals surface area (Å²) < 4.78 is 0. The summed E-state index contributed by atoms with van der Waals surface area (Å²) >= 11 is 3.26. The highest BCUT2D eigenvalue weighted by molar-refractivity contribution is 7.12. The number of hydrogen-bond acceptors (Lipinski definition) is 5. The summed E-state index contributed by atoms with van der Waals surface area (Å²) in [5, 5.41) is 7.30. The number of thiophene rings is 2. The summed E-state index contributed by atoms with van der Waals surface area (Å²) in [4.78, 5) is 31.9. The van der Waals surface area contributed by atoms with E-state index in [9.17, 15) is 9.59 Å². The molecule has 4 rings (SSSR count). The van der Waals surface area contributed by atoms with E-state index in [4.69, 9.17) is 0 Å². The van der Waals surface area contributed by atoms with Gasteiger partial charge in [0.2, 0.25) is 5.91 Å². The van der Waals surface area contributed by atoms with Gasteiger partial charge in [0.15, 0.2) is 0 Å². The number of nitrogens with one attached hydrogen (secondary N) is 1. The zero-order chi connectivity index (χ0) is 20.9. The molecule has 2 aliphatic rings. The van der Waals surface area contributed by atoms with Crippen molar-refractivity contribution < 1.29 is 9.59 Å². The first-order valence-electron chi connectivity index (χ1n) is 11.0. The molecule has 7 heteroatoms. The number of amides is 2. The lowest BCUT2D eigenvalue weighted by Crippen LogP contribution is -2.45. The van der Waals surface area contributed by atoms with Crippen LogP contribution in [0.5, 0.6) is 0 Å². The summed E-state index contributed by atoms with van der Waals surface area (Å²) in [6.07, 6.45) is 3.95. The van der Waals surface area contributed by atoms with Crippen LogP contribution in [0.4, 0.5) is 0 Å². The van der Waals surface area contributed by atoms with Gasteiger partial charge < -0.3 is 10.2 Å². The van der Waals surface area contributed by atoms with Crippen molar-refractivity contribution in [2.24, 2.45) is 11.8 Å². The lowest BCUT2D eigenvalue weighted by atomic mass is 9.95. The molecule has 2 saturated heterocycles. The molecule has 0 unspecified atom stereocenters. The Balaban J connectivity index is 1.29. The highest BCUT2D eigenvalue weighted by Crippen LogP contribution is 2.29. The molecule has 0 aliphatic carbocycles. The lowest BCUT2D eigenvalue weighted by molar-refractivity contribution is -0.126. The van der Waals surface area contributed by atoms with Crippen molar-refractivity contribution in [2.45, 2.75) is 38.6 Å². The van der Waals surface area contributed by atoms with E-state index in [1.54, 1.807) is 11.3 Å². The molecule has 2 fully saturated rings. The molecule has 2 aromatic rings. The van der Waals surface area contributed by atoms with E-state index < -0.39 is 0 Å². The molecule has 2 amide bonds. The van der Waals surface area contributed by atoms with Crippen molar-refractivity contribution in [1.82, 2.24) is 15.1 Å². The van der Waals surface area contributed by atoms with E-state index in [1.165, 1.54) is 29.1 Å². The van der Waals surface area contributed by atoms with Gasteiger partial charge in [0.25, 0.3) is 5.91 Å². The van der Waals surface area contributed by atoms with Gasteiger partial charge in [0.1, 0.15) is 0 Å². The van der Waals surface area contributed by atoms with Gasteiger partial charge in [-0.05, 0) is 67.6 Å². The fourth-order valence-corrected chi connectivity index (χ4v) is 6.02. The van der Waals surface area contributed by atoms with Crippen molar-refractivity contribution in [3.63, 3.8) is 0 Å². The van der Waals surface area contributed by atoms with Crippen LogP contribution in [-0.2, 0) is 4.79 Å². The third-order valence-corrected chi connectivity index (χ3v) is 8.32. The topological polar surface area (TPSA) is 52.7 Å². The Morgan fingerprint density at radius 3 is 2.37 bits per heavy atom. The Labute approximate surface area is 187 Å². The number of hydrogen-bond donors (Lipinski definition) is 1. The molecule has 0 aromatic carbocycles. The summed E-state index contributed by atoms with van der Waals surface area (Å²) in [7, 11) is 0. The Bertz CT molecular complexity index is 806. The van der Waals surface area contributed by atoms with Crippen LogP contribution in [0.25, 0.3) is 0 Å². The van der Waals surface area contributed by atoms with Gasteiger partial charge in [-0.1, -0.05) is 19.1 Å². The number of carbonyl (C=O) groups excluding carboxylic acids is 2. The van der Waals surface area contributed by atoms with Crippen LogP contribution in [-0.4, -0.2) is 54.3 Å². The molecule has 1 atom stereocenters. The average Bonchev–Trinajstić information content (AvgIpc) is 3.49. The maximum atomic E-state index is 12.9. The second kappa shape index (κ2) is 10.1. The minimum atomic E-state index is 0.00255. The van der Waals surface area contributed by atoms with Gasteiger partial charge >= 0.3 is 0 Å². The van der Waals surface area contributed by atoms with E-state index in [0.29, 0.717) is 19.6 Å². The average molecular weight is 446 g/mol. The molecular formula is C23H31N3O2S2. The maximum absolute atomic E-state index is 12.9. The highest BCUT2D eigenvalue weighted by atomic mass is 32.1. The van der Waals surface area contributed by atoms with Crippen molar-refractivity contribution in [2.75, 3.05) is 32.7 Å². The van der Waals surface area contributed by atoms with E-state index in [0.717, 1.165) is 36.7 Å². The largest absolute Gasteiger partial charge is 0.354 e. The molecule has 2 aromatic heterocycles. The molecule has 4 heterocycles. The summed E-state index contributed by atoms with van der Waals surface area (Å²) in [5.74, 6) is 1.04. The Kier molecular flexibility index (Phi) is 7.23. The van der Waals surface area contributed by atoms with Gasteiger partial charge in [0.05, 0.1) is 10.9 Å². The molecule has 1 N–H and O–H groups in total. The first-order valence-corrected chi connectivity index (χ1v) is 12.8. The number of carbonyl (C=O) groups is 2. The Morgan fingerprint density at radius 1 is 1.03 bits per heavy atom. The van der Waals surface area contributed by atoms with Crippen LogP contribution in [0.3, 0.4) is 0 Å². The summed E-state index contributed by atoms with van der Waals surface area (Å²) in [5.41, 5.74) is 0. The monoisotopic (exact) mass is 445 g/mol. The molecule has 162 valence electrons. The van der Waals surface area contributed by atoms with Crippen molar-refractivity contribution >= 4 is 34.5 Å². The molecule has 5 nitrogen and oxygen atoms in total. The zero-order valence-electron chi connectivity index (χ0n) is 17.6. The predicted octanol–water partition coefficient (Wildman–Crippen LogP) is 4.25. The molecule has 0 bridgehead atoms. The van der Waals surface area contributed by atoms with Crippen molar-refractivity contribution in [3.05, 3.63) is 44.8 Å². The normalized spacial score (nSPS) is 20.2. The maximum Gasteiger partial charge on any atom is 0.263 e. The first kappa shape index (κ1) is 21.5. The van der Waals surface area contributed by atoms with Crippen LogP contribution in [0.1, 0.15) is 53.2 Å². The van der Waals surface area contributed by atoms with Crippen LogP contribution < -0.4 is 5.32 Å². The van der Waals surface area contributed by atoms with Crippen molar-refractivity contribution in [1.29, 1.82) is 0 Å². The minimum absolute atomic E-state index is 0.00255. The smallest absolute Gasteiger partial charge is 0.263 e. The van der Waals surface area contributed by atoms with Crippen LogP contribution in [0.15, 0.2) is 35.0 Å². The third-order valence-electron chi connectivity index (χ3n) is 6.49. The van der Waals surface area contributed by atoms with Crippen LogP contribution >= 0.6 is 22.7 Å². The minimum Gasteiger partial charge on any atom is -0.354 e. The van der Waals surface area contributed by atoms with Gasteiger partial charge in [-0.2, -0.15) is 0 Å². The molecule has 0 saturated carbocycles. The Morgan fingerprint density at radius 2 is 1.73 bits per heavy atom. The second-order valence-corrected chi connectivity index (χ2v) is 10.5. The standard InChI is InChI=1S/C23H31N3O2S2/c1-17-6-10-25(11-7-17)19(20-4-2-14-29-20)16-24-22(27)18-8-12-26(13-9-18)23(28)21-5-3-15-30-21/h2-5,14-15,17-19H,6-13,16H2,1H3,(H,24,27)/t19-/m1/s1. The summed E-state index contributed by atoms with van der Waals surface area (Å²) in [6, 6.07) is 8.33. The van der Waals surface area contributed by atoms with E-state index >= 15 is 0 Å². The third kappa shape index (κ3) is 5.13. The van der Waals surface area contributed by atoms with Gasteiger partial charge in [-0.15, -0.1) is 22.7 Å². The van der Waals surface area contributed by atoms with Crippen LogP contribution in [0, 0.1) is 11.8 Å². The molecule has 2 aliphatic heterocycles. The van der Waals surface area contributed by atoms with Gasteiger partial charge in [0, 0.05) is 30.4 Å². The van der Waals surface area contributed by atoms with E-state index in [-0.39, 0.29) is 23.8 Å². The molecular weight excluding hydrogens is 414 g/mol. The van der Waals surface area contributed by atoms with E-state index in [1.807, 2.05) is 22.4 Å². The number of nitrogens with zero attached hydrogens (tertiary/aromatic N) is 2. The molecule has 0 spiro atoms. The first-order chi connectivity index (χ1) is 14.6. The highest BCUT2D eigenvalue weighted by Gasteiger charge is 2.30. The fraction of sp³-hybridized carbons (Fsp3) is 0.565. The zero-order valence-corrected chi connectivity index (χ0v) is 19.2. The summed E-state index contributed by atoms with van der Waals surface area (Å²) in [6.45, 7) is 6.52. The Hall–Kier alpha value is -1.70. The van der Waals surface area contributed by atoms with Crippen LogP contribution in [0.2, 0.25) is 0 Å². The number of likely N-dealkylation sites (tertiary alicyclic amines) is 2.